The molecule has 0 radical (unpaired) electrons. The quantitative estimate of drug-likeness (QED) is 0.830. The van der Waals surface area contributed by atoms with Crippen LogP contribution in [0.3, 0.4) is 0 Å². The molecule has 0 fully saturated rings. The fourth-order valence-electron chi connectivity index (χ4n) is 1.57. The summed E-state index contributed by atoms with van der Waals surface area (Å²) in [5.74, 6) is 0.941. The van der Waals surface area contributed by atoms with Crippen LogP contribution in [0.15, 0.2) is 22.7 Å². The molecule has 0 aliphatic carbocycles. The number of halogens is 1. The molecule has 0 atom stereocenters. The first-order chi connectivity index (χ1) is 7.92. The van der Waals surface area contributed by atoms with E-state index in [9.17, 15) is 0 Å². The third-order valence-corrected chi connectivity index (χ3v) is 3.10. The second-order valence-corrected chi connectivity index (χ2v) is 6.36. The van der Waals surface area contributed by atoms with Gasteiger partial charge in [0.1, 0.15) is 5.75 Å². The Bertz CT molecular complexity index is 358. The van der Waals surface area contributed by atoms with Gasteiger partial charge in [0.05, 0.1) is 7.11 Å². The Morgan fingerprint density at radius 2 is 2.00 bits per heavy atom. The first-order valence-electron chi connectivity index (χ1n) is 5.95. The summed E-state index contributed by atoms with van der Waals surface area (Å²) in [5, 5.41) is 3.46. The molecule has 0 aromatic heterocycles. The van der Waals surface area contributed by atoms with Gasteiger partial charge in [-0.1, -0.05) is 36.7 Å². The number of benzene rings is 1. The molecule has 0 spiro atoms. The zero-order chi connectivity index (χ0) is 12.9. The fraction of sp³-hybridized carbons (Fsp3) is 0.571. The topological polar surface area (TPSA) is 21.3 Å². The van der Waals surface area contributed by atoms with E-state index < -0.39 is 0 Å². The van der Waals surface area contributed by atoms with Crippen molar-refractivity contribution in [2.75, 3.05) is 13.7 Å². The summed E-state index contributed by atoms with van der Waals surface area (Å²) in [5.41, 5.74) is 1.57. The number of ether oxygens (including phenoxy) is 1. The molecule has 0 bridgehead atoms. The SMILES string of the molecule is COc1ccc(Br)cc1CNCCC(C)(C)C. The van der Waals surface area contributed by atoms with E-state index in [0.29, 0.717) is 5.41 Å². The highest BCUT2D eigenvalue weighted by molar-refractivity contribution is 9.10. The van der Waals surface area contributed by atoms with Crippen molar-refractivity contribution in [3.63, 3.8) is 0 Å². The van der Waals surface area contributed by atoms with Crippen LogP contribution >= 0.6 is 15.9 Å². The molecule has 3 heteroatoms. The van der Waals surface area contributed by atoms with Gasteiger partial charge in [-0.2, -0.15) is 0 Å². The van der Waals surface area contributed by atoms with Gasteiger partial charge in [-0.05, 0) is 36.6 Å². The van der Waals surface area contributed by atoms with E-state index in [0.717, 1.165) is 23.3 Å². The molecule has 17 heavy (non-hydrogen) atoms. The lowest BCUT2D eigenvalue weighted by Crippen LogP contribution is -2.20. The molecule has 1 aromatic carbocycles. The van der Waals surface area contributed by atoms with Crippen LogP contribution in [-0.4, -0.2) is 13.7 Å². The molecule has 0 aliphatic heterocycles. The second-order valence-electron chi connectivity index (χ2n) is 5.44. The summed E-state index contributed by atoms with van der Waals surface area (Å²) in [7, 11) is 1.71. The van der Waals surface area contributed by atoms with E-state index in [-0.39, 0.29) is 0 Å². The summed E-state index contributed by atoms with van der Waals surface area (Å²) in [6.07, 6.45) is 1.17. The maximum absolute atomic E-state index is 5.34. The minimum absolute atomic E-state index is 0.383. The van der Waals surface area contributed by atoms with E-state index in [4.69, 9.17) is 4.74 Å². The highest BCUT2D eigenvalue weighted by atomic mass is 79.9. The average molecular weight is 300 g/mol. The zero-order valence-electron chi connectivity index (χ0n) is 11.1. The van der Waals surface area contributed by atoms with Crippen LogP contribution in [0.4, 0.5) is 0 Å². The molecule has 96 valence electrons. The molecule has 0 saturated carbocycles. The van der Waals surface area contributed by atoms with Gasteiger partial charge in [0.15, 0.2) is 0 Å². The summed E-state index contributed by atoms with van der Waals surface area (Å²) in [6.45, 7) is 8.65. The van der Waals surface area contributed by atoms with Gasteiger partial charge in [0, 0.05) is 16.6 Å². The third-order valence-electron chi connectivity index (χ3n) is 2.61. The molecular formula is C14H22BrNO. The van der Waals surface area contributed by atoms with Crippen molar-refractivity contribution < 1.29 is 4.74 Å². The normalized spacial score (nSPS) is 11.6. The maximum atomic E-state index is 5.34. The molecule has 0 saturated heterocycles. The minimum Gasteiger partial charge on any atom is -0.496 e. The largest absolute Gasteiger partial charge is 0.496 e. The van der Waals surface area contributed by atoms with E-state index >= 15 is 0 Å². The van der Waals surface area contributed by atoms with Crippen LogP contribution in [-0.2, 0) is 6.54 Å². The molecule has 1 N–H and O–H groups in total. The first kappa shape index (κ1) is 14.5. The van der Waals surface area contributed by atoms with Gasteiger partial charge < -0.3 is 10.1 Å². The number of nitrogens with one attached hydrogen (secondary N) is 1. The van der Waals surface area contributed by atoms with Gasteiger partial charge in [-0.3, -0.25) is 0 Å². The Hall–Kier alpha value is -0.540. The Morgan fingerprint density at radius 1 is 1.29 bits per heavy atom. The molecule has 1 aromatic rings. The smallest absolute Gasteiger partial charge is 0.123 e. The highest BCUT2D eigenvalue weighted by Gasteiger charge is 2.09. The van der Waals surface area contributed by atoms with Crippen LogP contribution < -0.4 is 10.1 Å². The summed E-state index contributed by atoms with van der Waals surface area (Å²) in [6, 6.07) is 6.09. The van der Waals surface area contributed by atoms with E-state index in [1.807, 2.05) is 12.1 Å². The maximum Gasteiger partial charge on any atom is 0.123 e. The third kappa shape index (κ3) is 5.55. The molecule has 0 unspecified atom stereocenters. The van der Waals surface area contributed by atoms with Crippen LogP contribution in [0.2, 0.25) is 0 Å². The van der Waals surface area contributed by atoms with Crippen LogP contribution in [0.25, 0.3) is 0 Å². The Kier molecular flexibility index (Phi) is 5.47. The van der Waals surface area contributed by atoms with Crippen molar-refractivity contribution in [3.05, 3.63) is 28.2 Å². The van der Waals surface area contributed by atoms with E-state index in [2.05, 4.69) is 48.1 Å². The standard InChI is InChI=1S/C14H22BrNO/c1-14(2,3)7-8-16-10-11-9-12(15)5-6-13(11)17-4/h5-6,9,16H,7-8,10H2,1-4H3. The van der Waals surface area contributed by atoms with E-state index in [1.165, 1.54) is 12.0 Å². The lowest BCUT2D eigenvalue weighted by Gasteiger charge is -2.18. The molecule has 1 rings (SSSR count). The lowest BCUT2D eigenvalue weighted by molar-refractivity contribution is 0.364. The van der Waals surface area contributed by atoms with Crippen molar-refractivity contribution in [1.82, 2.24) is 5.32 Å². The summed E-state index contributed by atoms with van der Waals surface area (Å²) >= 11 is 3.48. The minimum atomic E-state index is 0.383. The van der Waals surface area contributed by atoms with Crippen molar-refractivity contribution in [1.29, 1.82) is 0 Å². The molecule has 0 heterocycles. The lowest BCUT2D eigenvalue weighted by atomic mass is 9.92. The van der Waals surface area contributed by atoms with Gasteiger partial charge in [-0.15, -0.1) is 0 Å². The van der Waals surface area contributed by atoms with Gasteiger partial charge >= 0.3 is 0 Å². The van der Waals surface area contributed by atoms with Crippen LogP contribution in [0.1, 0.15) is 32.8 Å². The molecule has 0 aliphatic rings. The summed E-state index contributed by atoms with van der Waals surface area (Å²) in [4.78, 5) is 0. The van der Waals surface area contributed by atoms with Gasteiger partial charge in [0.25, 0.3) is 0 Å². The predicted molar refractivity (Wildman–Crippen MR) is 76.5 cm³/mol. The average Bonchev–Trinajstić information content (AvgIpc) is 2.23. The Balaban J connectivity index is 2.48. The van der Waals surface area contributed by atoms with Crippen molar-refractivity contribution in [2.45, 2.75) is 33.7 Å². The highest BCUT2D eigenvalue weighted by Crippen LogP contribution is 2.23. The first-order valence-corrected chi connectivity index (χ1v) is 6.75. The van der Waals surface area contributed by atoms with E-state index in [1.54, 1.807) is 7.11 Å². The number of rotatable bonds is 5. The predicted octanol–water partition coefficient (Wildman–Crippen LogP) is 3.98. The monoisotopic (exact) mass is 299 g/mol. The number of hydrogen-bond acceptors (Lipinski definition) is 2. The molecule has 0 amide bonds. The van der Waals surface area contributed by atoms with Gasteiger partial charge in [-0.25, -0.2) is 0 Å². The second kappa shape index (κ2) is 6.41. The van der Waals surface area contributed by atoms with Crippen LogP contribution in [0.5, 0.6) is 5.75 Å². The van der Waals surface area contributed by atoms with Crippen molar-refractivity contribution >= 4 is 15.9 Å². The van der Waals surface area contributed by atoms with Crippen molar-refractivity contribution in [3.8, 4) is 5.75 Å². The fourth-order valence-corrected chi connectivity index (χ4v) is 1.98. The molecule has 2 nitrogen and oxygen atoms in total. The zero-order valence-corrected chi connectivity index (χ0v) is 12.7. The summed E-state index contributed by atoms with van der Waals surface area (Å²) < 4.78 is 6.43. The van der Waals surface area contributed by atoms with Crippen LogP contribution in [0, 0.1) is 5.41 Å². The molecular weight excluding hydrogens is 278 g/mol. The Labute approximate surface area is 113 Å². The van der Waals surface area contributed by atoms with Crippen molar-refractivity contribution in [2.24, 2.45) is 5.41 Å². The Morgan fingerprint density at radius 3 is 2.59 bits per heavy atom. The van der Waals surface area contributed by atoms with Gasteiger partial charge in [0.2, 0.25) is 0 Å². The number of methoxy groups -OCH3 is 1. The number of hydrogen-bond donors (Lipinski definition) is 1.